The average Bonchev–Trinajstić information content (AvgIpc) is 3.19. The third kappa shape index (κ3) is 3.50. The van der Waals surface area contributed by atoms with Gasteiger partial charge in [-0.3, -0.25) is 4.79 Å². The summed E-state index contributed by atoms with van der Waals surface area (Å²) < 4.78 is 18.6. The number of carbonyl (C=O) groups is 1. The Morgan fingerprint density at radius 1 is 1.04 bits per heavy atom. The number of hydrogen-bond donors (Lipinski definition) is 0. The highest BCUT2D eigenvalue weighted by Gasteiger charge is 2.35. The Morgan fingerprint density at radius 2 is 1.77 bits per heavy atom. The predicted molar refractivity (Wildman–Crippen MR) is 94.6 cm³/mol. The average molecular weight is 357 g/mol. The molecule has 5 nitrogen and oxygen atoms in total. The zero-order chi connectivity index (χ0) is 17.9. The molecule has 26 heavy (non-hydrogen) atoms. The summed E-state index contributed by atoms with van der Waals surface area (Å²) in [5, 5.41) is 4.05. The molecule has 1 aromatic carbocycles. The molecule has 1 saturated carbocycles. The Bertz CT molecular complexity index is 753. The van der Waals surface area contributed by atoms with Gasteiger partial charge in [-0.05, 0) is 56.4 Å². The molecule has 1 aromatic heterocycles. The van der Waals surface area contributed by atoms with Crippen LogP contribution in [0.1, 0.15) is 63.3 Å². The van der Waals surface area contributed by atoms with Crippen LogP contribution in [0.3, 0.4) is 0 Å². The summed E-state index contributed by atoms with van der Waals surface area (Å²) in [6.45, 7) is 0.758. The van der Waals surface area contributed by atoms with Gasteiger partial charge in [-0.15, -0.1) is 0 Å². The largest absolute Gasteiger partial charge is 0.337 e. The lowest BCUT2D eigenvalue weighted by molar-refractivity contribution is -0.141. The van der Waals surface area contributed by atoms with Crippen LogP contribution in [0.2, 0.25) is 0 Å². The maximum absolute atomic E-state index is 13.1. The van der Waals surface area contributed by atoms with Gasteiger partial charge < -0.3 is 9.42 Å². The summed E-state index contributed by atoms with van der Waals surface area (Å²) in [6, 6.07) is 5.89. The fraction of sp³-hybridized carbons (Fsp3) is 0.550. The molecule has 138 valence electrons. The van der Waals surface area contributed by atoms with Crippen molar-refractivity contribution in [2.45, 2.75) is 57.4 Å². The molecule has 0 unspecified atom stereocenters. The van der Waals surface area contributed by atoms with E-state index in [2.05, 4.69) is 10.1 Å². The minimum atomic E-state index is -0.297. The van der Waals surface area contributed by atoms with Crippen molar-refractivity contribution in [1.82, 2.24) is 15.0 Å². The first-order valence-corrected chi connectivity index (χ1v) is 9.62. The van der Waals surface area contributed by atoms with Crippen LogP contribution in [0.4, 0.5) is 4.39 Å². The van der Waals surface area contributed by atoms with E-state index in [9.17, 15) is 9.18 Å². The first-order valence-electron chi connectivity index (χ1n) is 9.62. The van der Waals surface area contributed by atoms with Crippen LogP contribution in [-0.4, -0.2) is 27.5 Å². The van der Waals surface area contributed by atoms with E-state index in [0.29, 0.717) is 17.3 Å². The van der Waals surface area contributed by atoms with Crippen molar-refractivity contribution in [2.24, 2.45) is 5.92 Å². The van der Waals surface area contributed by atoms with Gasteiger partial charge in [0.25, 0.3) is 0 Å². The molecule has 2 heterocycles. The first-order chi connectivity index (χ1) is 12.7. The second kappa shape index (κ2) is 7.56. The maximum Gasteiger partial charge on any atom is 0.249 e. The number of amides is 1. The van der Waals surface area contributed by atoms with Crippen molar-refractivity contribution in [3.63, 3.8) is 0 Å². The van der Waals surface area contributed by atoms with Gasteiger partial charge in [0.2, 0.25) is 17.6 Å². The van der Waals surface area contributed by atoms with Gasteiger partial charge in [0.15, 0.2) is 0 Å². The third-order valence-electron chi connectivity index (χ3n) is 5.57. The lowest BCUT2D eigenvalue weighted by Crippen LogP contribution is -2.42. The quantitative estimate of drug-likeness (QED) is 0.811. The van der Waals surface area contributed by atoms with Gasteiger partial charge in [0.05, 0.1) is 0 Å². The molecule has 2 aliphatic rings. The summed E-state index contributed by atoms with van der Waals surface area (Å²) in [6.07, 6.45) is 8.43. The summed E-state index contributed by atoms with van der Waals surface area (Å²) in [5.41, 5.74) is 0.711. The maximum atomic E-state index is 13.1. The molecule has 2 fully saturated rings. The normalized spacial score (nSPS) is 21.7. The van der Waals surface area contributed by atoms with Crippen LogP contribution < -0.4 is 0 Å². The second-order valence-electron chi connectivity index (χ2n) is 7.34. The van der Waals surface area contributed by atoms with Gasteiger partial charge in [-0.2, -0.15) is 4.98 Å². The van der Waals surface area contributed by atoms with Crippen LogP contribution in [-0.2, 0) is 4.79 Å². The standard InChI is InChI=1S/C20H24FN3O2/c21-16-11-9-14(10-12-16)18-22-19(26-23-18)17-8-4-5-13-24(17)20(25)15-6-2-1-3-7-15/h9-12,15,17H,1-8,13H2/t17-/m1/s1. The highest BCUT2D eigenvalue weighted by atomic mass is 19.1. The smallest absolute Gasteiger partial charge is 0.249 e. The molecule has 1 aliphatic carbocycles. The van der Waals surface area contributed by atoms with Crippen molar-refractivity contribution in [3.05, 3.63) is 36.0 Å². The molecule has 0 spiro atoms. The van der Waals surface area contributed by atoms with Crippen LogP contribution in [0, 0.1) is 11.7 Å². The molecule has 1 aliphatic heterocycles. The molecule has 4 rings (SSSR count). The van der Waals surface area contributed by atoms with Gasteiger partial charge in [-0.25, -0.2) is 4.39 Å². The van der Waals surface area contributed by atoms with Crippen molar-refractivity contribution in [3.8, 4) is 11.4 Å². The van der Waals surface area contributed by atoms with E-state index < -0.39 is 0 Å². The first kappa shape index (κ1) is 17.2. The minimum absolute atomic E-state index is 0.139. The number of piperidine rings is 1. The topological polar surface area (TPSA) is 59.2 Å². The Balaban J connectivity index is 1.54. The minimum Gasteiger partial charge on any atom is -0.337 e. The number of likely N-dealkylation sites (tertiary alicyclic amines) is 1. The van der Waals surface area contributed by atoms with E-state index in [1.807, 2.05) is 4.90 Å². The molecule has 1 atom stereocenters. The number of carbonyl (C=O) groups excluding carboxylic acids is 1. The number of hydrogen-bond acceptors (Lipinski definition) is 4. The van der Waals surface area contributed by atoms with Crippen LogP contribution in [0.25, 0.3) is 11.4 Å². The predicted octanol–water partition coefficient (Wildman–Crippen LogP) is 4.51. The summed E-state index contributed by atoms with van der Waals surface area (Å²) in [5.74, 6) is 1.03. The molecule has 0 radical (unpaired) electrons. The lowest BCUT2D eigenvalue weighted by Gasteiger charge is -2.36. The van der Waals surface area contributed by atoms with E-state index in [1.54, 1.807) is 12.1 Å². The number of benzene rings is 1. The monoisotopic (exact) mass is 357 g/mol. The number of halogens is 1. The van der Waals surface area contributed by atoms with E-state index in [0.717, 1.165) is 51.5 Å². The Labute approximate surface area is 152 Å². The fourth-order valence-corrected chi connectivity index (χ4v) is 4.12. The summed E-state index contributed by atoms with van der Waals surface area (Å²) >= 11 is 0. The molecule has 2 aromatic rings. The van der Waals surface area contributed by atoms with Crippen LogP contribution >= 0.6 is 0 Å². The lowest BCUT2D eigenvalue weighted by atomic mass is 9.87. The molecule has 0 N–H and O–H groups in total. The zero-order valence-corrected chi connectivity index (χ0v) is 14.9. The highest BCUT2D eigenvalue weighted by molar-refractivity contribution is 5.79. The summed E-state index contributed by atoms with van der Waals surface area (Å²) in [7, 11) is 0. The molecule has 0 bridgehead atoms. The van der Waals surface area contributed by atoms with Crippen LogP contribution in [0.5, 0.6) is 0 Å². The van der Waals surface area contributed by atoms with Crippen molar-refractivity contribution in [1.29, 1.82) is 0 Å². The van der Waals surface area contributed by atoms with Crippen molar-refractivity contribution >= 4 is 5.91 Å². The second-order valence-corrected chi connectivity index (χ2v) is 7.34. The van der Waals surface area contributed by atoms with E-state index in [-0.39, 0.29) is 23.7 Å². The third-order valence-corrected chi connectivity index (χ3v) is 5.57. The fourth-order valence-electron chi connectivity index (χ4n) is 4.12. The SMILES string of the molecule is O=C(C1CCCCC1)N1CCCC[C@@H]1c1nc(-c2ccc(F)cc2)no1. The Morgan fingerprint density at radius 3 is 2.54 bits per heavy atom. The van der Waals surface area contributed by atoms with Crippen molar-refractivity contribution < 1.29 is 13.7 Å². The van der Waals surface area contributed by atoms with Gasteiger partial charge in [0.1, 0.15) is 11.9 Å². The van der Waals surface area contributed by atoms with Crippen molar-refractivity contribution in [2.75, 3.05) is 6.54 Å². The van der Waals surface area contributed by atoms with Gasteiger partial charge in [0, 0.05) is 18.0 Å². The Kier molecular flexibility index (Phi) is 5.00. The molecule has 6 heteroatoms. The Hall–Kier alpha value is -2.24. The summed E-state index contributed by atoms with van der Waals surface area (Å²) in [4.78, 5) is 19.5. The van der Waals surface area contributed by atoms with E-state index in [4.69, 9.17) is 4.52 Å². The molecular formula is C20H24FN3O2. The molecular weight excluding hydrogens is 333 g/mol. The number of aromatic nitrogens is 2. The van der Waals surface area contributed by atoms with E-state index in [1.165, 1.54) is 18.6 Å². The zero-order valence-electron chi connectivity index (χ0n) is 14.9. The highest BCUT2D eigenvalue weighted by Crippen LogP contribution is 2.35. The van der Waals surface area contributed by atoms with Gasteiger partial charge >= 0.3 is 0 Å². The van der Waals surface area contributed by atoms with Gasteiger partial charge in [-0.1, -0.05) is 24.4 Å². The molecule has 1 saturated heterocycles. The van der Waals surface area contributed by atoms with Crippen LogP contribution in [0.15, 0.2) is 28.8 Å². The molecule has 1 amide bonds. The number of rotatable bonds is 3. The number of nitrogens with zero attached hydrogens (tertiary/aromatic N) is 3. The van der Waals surface area contributed by atoms with E-state index >= 15 is 0 Å².